The Kier molecular flexibility index (Phi) is 10.4. The second kappa shape index (κ2) is 8.53. The number of hydrogen-bond donors (Lipinski definition) is 0. The van der Waals surface area contributed by atoms with Crippen molar-refractivity contribution in [2.75, 3.05) is 0 Å². The zero-order valence-electron chi connectivity index (χ0n) is 5.56. The van der Waals surface area contributed by atoms with Gasteiger partial charge in [-0.1, -0.05) is 36.4 Å². The Morgan fingerprint density at radius 2 is 1.90 bits per heavy atom. The van der Waals surface area contributed by atoms with Crippen LogP contribution in [-0.4, -0.2) is 5.97 Å². The molecule has 0 aromatic rings. The van der Waals surface area contributed by atoms with Crippen molar-refractivity contribution in [1.82, 2.24) is 0 Å². The predicted octanol–water partition coefficient (Wildman–Crippen LogP) is 2.63. The molecule has 2 nitrogen and oxygen atoms in total. The minimum Gasteiger partial charge on any atom is -0.435 e. The Morgan fingerprint density at radius 1 is 1.60 bits per heavy atom. The maximum Gasteiger partial charge on any atom is 0.307 e. The first-order chi connectivity index (χ1) is 4.50. The minimum atomic E-state index is -0.329. The Balaban J connectivity index is 0. The van der Waals surface area contributed by atoms with E-state index in [0.29, 0.717) is 0 Å². The second-order valence-corrected chi connectivity index (χ2v) is 2.22. The van der Waals surface area contributed by atoms with Crippen molar-refractivity contribution in [3.05, 3.63) is 23.9 Å². The fraction of sp³-hybridized carbons (Fsp3) is 0.167. The lowest BCUT2D eigenvalue weighted by Crippen LogP contribution is -1.87. The molecule has 0 fully saturated rings. The van der Waals surface area contributed by atoms with Gasteiger partial charge in [0.05, 0.1) is 10.8 Å². The zero-order chi connectivity index (χ0) is 8.57. The highest BCUT2D eigenvalue weighted by Crippen LogP contribution is 1.98. The molecule has 0 radical (unpaired) electrons. The average molecular weight is 183 g/mol. The van der Waals surface area contributed by atoms with E-state index in [1.807, 2.05) is 0 Å². The normalized spacial score (nSPS) is 6.70. The summed E-state index contributed by atoms with van der Waals surface area (Å²) in [5, 5.41) is 0. The van der Waals surface area contributed by atoms with Crippen molar-refractivity contribution >= 4 is 29.2 Å². The summed E-state index contributed by atoms with van der Waals surface area (Å²) >= 11 is 9.69. The number of rotatable bonds is 1. The maximum atomic E-state index is 9.75. The van der Waals surface area contributed by atoms with Crippen molar-refractivity contribution < 1.29 is 9.53 Å². The maximum absolute atomic E-state index is 9.75. The van der Waals surface area contributed by atoms with Crippen LogP contribution >= 0.6 is 23.2 Å². The van der Waals surface area contributed by atoms with E-state index in [-0.39, 0.29) is 10.5 Å². The van der Waals surface area contributed by atoms with E-state index in [0.717, 1.165) is 6.26 Å². The van der Waals surface area contributed by atoms with Crippen LogP contribution in [0.3, 0.4) is 0 Å². The van der Waals surface area contributed by atoms with Crippen LogP contribution in [0.15, 0.2) is 23.9 Å². The molecule has 0 aromatic carbocycles. The standard InChI is InChI=1S/C4H6O2.C2H2Cl2/c1-3-6-4(2)5;1-2(3)4/h3H,1H2,2H3;1H2. The summed E-state index contributed by atoms with van der Waals surface area (Å²) in [7, 11) is 0. The molecule has 0 aliphatic carbocycles. The zero-order valence-corrected chi connectivity index (χ0v) is 7.08. The van der Waals surface area contributed by atoms with Crippen LogP contribution in [0.25, 0.3) is 0 Å². The molecule has 0 spiro atoms. The predicted molar refractivity (Wildman–Crippen MR) is 42.8 cm³/mol. The van der Waals surface area contributed by atoms with Gasteiger partial charge in [-0.15, -0.1) is 0 Å². The van der Waals surface area contributed by atoms with Gasteiger partial charge in [0.25, 0.3) is 0 Å². The van der Waals surface area contributed by atoms with Gasteiger partial charge in [-0.05, 0) is 0 Å². The summed E-state index contributed by atoms with van der Waals surface area (Å²) in [6.45, 7) is 7.57. The molecule has 0 aliphatic rings. The molecule has 0 heterocycles. The van der Waals surface area contributed by atoms with E-state index in [2.05, 4.69) is 17.9 Å². The molecule has 10 heavy (non-hydrogen) atoms. The monoisotopic (exact) mass is 182 g/mol. The lowest BCUT2D eigenvalue weighted by Gasteiger charge is -1.83. The summed E-state index contributed by atoms with van der Waals surface area (Å²) in [4.78, 5) is 9.75. The van der Waals surface area contributed by atoms with Gasteiger partial charge in [-0.2, -0.15) is 0 Å². The second-order valence-electron chi connectivity index (χ2n) is 1.11. The molecule has 0 aromatic heterocycles. The number of halogens is 2. The van der Waals surface area contributed by atoms with Gasteiger partial charge < -0.3 is 4.74 Å². The first-order valence-corrected chi connectivity index (χ1v) is 3.04. The van der Waals surface area contributed by atoms with Gasteiger partial charge in [-0.25, -0.2) is 0 Å². The molecule has 4 heteroatoms. The van der Waals surface area contributed by atoms with E-state index in [1.54, 1.807) is 0 Å². The van der Waals surface area contributed by atoms with Crippen LogP contribution in [0.2, 0.25) is 0 Å². The fourth-order valence-electron chi connectivity index (χ4n) is 0.117. The molecule has 0 atom stereocenters. The van der Waals surface area contributed by atoms with Crippen LogP contribution in [0.4, 0.5) is 0 Å². The summed E-state index contributed by atoms with van der Waals surface area (Å²) in [6, 6.07) is 0. The number of carbonyl (C=O) groups excluding carboxylic acids is 1. The van der Waals surface area contributed by atoms with Crippen LogP contribution in [0, 0.1) is 0 Å². The van der Waals surface area contributed by atoms with Crippen LogP contribution in [0.5, 0.6) is 0 Å². The Bertz CT molecular complexity index is 128. The molecule has 0 rings (SSSR count). The molecular weight excluding hydrogens is 175 g/mol. The van der Waals surface area contributed by atoms with Crippen molar-refractivity contribution in [1.29, 1.82) is 0 Å². The molecule has 0 unspecified atom stereocenters. The van der Waals surface area contributed by atoms with Gasteiger partial charge >= 0.3 is 5.97 Å². The fourth-order valence-corrected chi connectivity index (χ4v) is 0.117. The van der Waals surface area contributed by atoms with Gasteiger partial charge in [0, 0.05) is 6.92 Å². The van der Waals surface area contributed by atoms with Crippen LogP contribution in [0.1, 0.15) is 6.92 Å². The first-order valence-electron chi connectivity index (χ1n) is 2.28. The summed E-state index contributed by atoms with van der Waals surface area (Å²) in [6.07, 6.45) is 1.10. The van der Waals surface area contributed by atoms with Gasteiger partial charge in [0.2, 0.25) is 0 Å². The Morgan fingerprint density at radius 3 is 1.90 bits per heavy atom. The van der Waals surface area contributed by atoms with Gasteiger partial charge in [0.15, 0.2) is 0 Å². The van der Waals surface area contributed by atoms with E-state index in [4.69, 9.17) is 23.2 Å². The van der Waals surface area contributed by atoms with Crippen molar-refractivity contribution in [3.63, 3.8) is 0 Å². The van der Waals surface area contributed by atoms with E-state index in [9.17, 15) is 4.79 Å². The third-order valence-corrected chi connectivity index (χ3v) is 0.249. The number of esters is 1. The molecule has 0 saturated carbocycles. The first kappa shape index (κ1) is 12.2. The van der Waals surface area contributed by atoms with Crippen molar-refractivity contribution in [2.45, 2.75) is 6.92 Å². The Labute approximate surface area is 70.1 Å². The summed E-state index contributed by atoms with van der Waals surface area (Å²) in [5.41, 5.74) is 0. The van der Waals surface area contributed by atoms with Gasteiger partial charge in [0.1, 0.15) is 0 Å². The molecule has 0 aliphatic heterocycles. The van der Waals surface area contributed by atoms with Gasteiger partial charge in [-0.3, -0.25) is 4.79 Å². The average Bonchev–Trinajstić information content (AvgIpc) is 1.62. The lowest BCUT2D eigenvalue weighted by molar-refractivity contribution is -0.135. The lowest BCUT2D eigenvalue weighted by atomic mass is 10.8. The summed E-state index contributed by atoms with van der Waals surface area (Å²) in [5.74, 6) is -0.329. The quantitative estimate of drug-likeness (QED) is 0.461. The smallest absolute Gasteiger partial charge is 0.307 e. The molecule has 0 bridgehead atoms. The van der Waals surface area contributed by atoms with E-state index < -0.39 is 0 Å². The molecule has 0 saturated heterocycles. The van der Waals surface area contributed by atoms with Crippen molar-refractivity contribution in [2.24, 2.45) is 0 Å². The van der Waals surface area contributed by atoms with Crippen LogP contribution < -0.4 is 0 Å². The highest BCUT2D eigenvalue weighted by Gasteiger charge is 1.79. The Hall–Kier alpha value is -0.470. The van der Waals surface area contributed by atoms with Crippen LogP contribution in [-0.2, 0) is 9.53 Å². The molecule has 0 N–H and O–H groups in total. The van der Waals surface area contributed by atoms with E-state index in [1.165, 1.54) is 6.92 Å². The number of carbonyl (C=O) groups is 1. The topological polar surface area (TPSA) is 26.3 Å². The number of hydrogen-bond acceptors (Lipinski definition) is 2. The summed E-state index contributed by atoms with van der Waals surface area (Å²) < 4.78 is 4.28. The number of ether oxygens (including phenoxy) is 1. The highest BCUT2D eigenvalue weighted by molar-refractivity contribution is 6.55. The van der Waals surface area contributed by atoms with Crippen molar-refractivity contribution in [3.8, 4) is 0 Å². The third-order valence-electron chi connectivity index (χ3n) is 0.249. The SMILES string of the molecule is C=C(Cl)Cl.C=COC(C)=O. The molecular formula is C6H8Cl2O2. The molecule has 58 valence electrons. The largest absolute Gasteiger partial charge is 0.435 e. The highest BCUT2D eigenvalue weighted by atomic mass is 35.5. The van der Waals surface area contributed by atoms with E-state index >= 15 is 0 Å². The minimum absolute atomic E-state index is 0.111. The molecule has 0 amide bonds. The third kappa shape index (κ3) is 50.2.